The third-order valence-corrected chi connectivity index (χ3v) is 5.71. The van der Waals surface area contributed by atoms with Gasteiger partial charge in [0.2, 0.25) is 11.9 Å². The van der Waals surface area contributed by atoms with Crippen LogP contribution >= 0.6 is 0 Å². The number of aryl methyl sites for hydroxylation is 2. The second-order valence-corrected chi connectivity index (χ2v) is 8.61. The van der Waals surface area contributed by atoms with Crippen LogP contribution in [0, 0.1) is 25.7 Å². The topological polar surface area (TPSA) is 86.8 Å². The maximum Gasteiger partial charge on any atom is 0.225 e. The lowest BCUT2D eigenvalue weighted by atomic mass is 9.95. The number of carbonyl (C=O) groups is 1. The van der Waals surface area contributed by atoms with E-state index in [1.54, 1.807) is 0 Å². The molecule has 30 heavy (non-hydrogen) atoms. The SMILES string of the molecule is Cc1cc(C)nc(N2CCCC(C(=O)N[C@H](c3nc4ccccc4[nH]3)C(C)C)C2)n1. The Morgan fingerprint density at radius 3 is 2.60 bits per heavy atom. The summed E-state index contributed by atoms with van der Waals surface area (Å²) in [5, 5.41) is 3.26. The van der Waals surface area contributed by atoms with Crippen molar-refractivity contribution in [1.82, 2.24) is 25.3 Å². The van der Waals surface area contributed by atoms with Crippen molar-refractivity contribution in [2.75, 3.05) is 18.0 Å². The van der Waals surface area contributed by atoms with Gasteiger partial charge < -0.3 is 15.2 Å². The van der Waals surface area contributed by atoms with Gasteiger partial charge in [0.25, 0.3) is 0 Å². The smallest absolute Gasteiger partial charge is 0.225 e. The average Bonchev–Trinajstić information content (AvgIpc) is 3.14. The predicted molar refractivity (Wildman–Crippen MR) is 118 cm³/mol. The molecule has 3 aromatic rings. The highest BCUT2D eigenvalue weighted by Gasteiger charge is 2.30. The third kappa shape index (κ3) is 4.30. The number of piperidine rings is 1. The van der Waals surface area contributed by atoms with Gasteiger partial charge in [0.15, 0.2) is 0 Å². The predicted octanol–water partition coefficient (Wildman–Crippen LogP) is 3.70. The van der Waals surface area contributed by atoms with Gasteiger partial charge in [0.05, 0.1) is 23.0 Å². The molecule has 0 bridgehead atoms. The van der Waals surface area contributed by atoms with Gasteiger partial charge in [0.1, 0.15) is 5.82 Å². The number of rotatable bonds is 5. The van der Waals surface area contributed by atoms with E-state index in [1.165, 1.54) is 0 Å². The first-order valence-electron chi connectivity index (χ1n) is 10.7. The van der Waals surface area contributed by atoms with Crippen LogP contribution in [0.4, 0.5) is 5.95 Å². The molecule has 2 atom stereocenters. The number of aromatic nitrogens is 4. The monoisotopic (exact) mass is 406 g/mol. The molecule has 0 saturated carbocycles. The molecule has 3 heterocycles. The van der Waals surface area contributed by atoms with E-state index in [0.717, 1.165) is 53.6 Å². The molecule has 158 valence electrons. The molecule has 0 spiro atoms. The average molecular weight is 407 g/mol. The number of carbonyl (C=O) groups excluding carboxylic acids is 1. The molecule has 1 aromatic carbocycles. The highest BCUT2D eigenvalue weighted by molar-refractivity contribution is 5.80. The first-order valence-corrected chi connectivity index (χ1v) is 10.7. The Morgan fingerprint density at radius 1 is 1.17 bits per heavy atom. The fourth-order valence-electron chi connectivity index (χ4n) is 4.16. The molecule has 4 rings (SSSR count). The van der Waals surface area contributed by atoms with Crippen LogP contribution in [0.1, 0.15) is 49.9 Å². The first kappa shape index (κ1) is 20.3. The lowest BCUT2D eigenvalue weighted by Crippen LogP contribution is -2.45. The lowest BCUT2D eigenvalue weighted by molar-refractivity contribution is -0.126. The van der Waals surface area contributed by atoms with Crippen molar-refractivity contribution in [3.8, 4) is 0 Å². The van der Waals surface area contributed by atoms with Crippen LogP contribution in [-0.2, 0) is 4.79 Å². The minimum atomic E-state index is -0.155. The molecule has 7 nitrogen and oxygen atoms in total. The van der Waals surface area contributed by atoms with Gasteiger partial charge in [-0.25, -0.2) is 15.0 Å². The minimum absolute atomic E-state index is 0.0724. The molecule has 1 aliphatic rings. The van der Waals surface area contributed by atoms with Crippen molar-refractivity contribution >= 4 is 22.9 Å². The highest BCUT2D eigenvalue weighted by atomic mass is 16.2. The molecule has 1 saturated heterocycles. The Balaban J connectivity index is 1.49. The van der Waals surface area contributed by atoms with Crippen molar-refractivity contribution < 1.29 is 4.79 Å². The van der Waals surface area contributed by atoms with Gasteiger partial charge >= 0.3 is 0 Å². The Kier molecular flexibility index (Phi) is 5.70. The summed E-state index contributed by atoms with van der Waals surface area (Å²) in [7, 11) is 0. The number of nitrogens with one attached hydrogen (secondary N) is 2. The molecule has 0 radical (unpaired) electrons. The summed E-state index contributed by atoms with van der Waals surface area (Å²) in [5.41, 5.74) is 3.81. The molecular formula is C23H30N6O. The Morgan fingerprint density at radius 2 is 1.90 bits per heavy atom. The number of hydrogen-bond donors (Lipinski definition) is 2. The number of para-hydroxylation sites is 2. The molecule has 2 N–H and O–H groups in total. The summed E-state index contributed by atoms with van der Waals surface area (Å²) < 4.78 is 0. The van der Waals surface area contributed by atoms with E-state index < -0.39 is 0 Å². The molecule has 7 heteroatoms. The zero-order valence-electron chi connectivity index (χ0n) is 18.1. The first-order chi connectivity index (χ1) is 14.4. The Bertz CT molecular complexity index is 990. The zero-order chi connectivity index (χ0) is 21.3. The summed E-state index contributed by atoms with van der Waals surface area (Å²) in [4.78, 5) is 32.6. The van der Waals surface area contributed by atoms with Crippen molar-refractivity contribution in [2.24, 2.45) is 11.8 Å². The normalized spacial score (nSPS) is 18.0. The zero-order valence-corrected chi connectivity index (χ0v) is 18.1. The summed E-state index contributed by atoms with van der Waals surface area (Å²) in [6, 6.07) is 9.77. The number of imidazole rings is 1. The third-order valence-electron chi connectivity index (χ3n) is 5.71. The molecule has 2 aromatic heterocycles. The summed E-state index contributed by atoms with van der Waals surface area (Å²) in [6.07, 6.45) is 1.82. The van der Waals surface area contributed by atoms with Gasteiger partial charge in [-0.1, -0.05) is 26.0 Å². The number of hydrogen-bond acceptors (Lipinski definition) is 5. The molecule has 1 fully saturated rings. The Labute approximate surface area is 177 Å². The van der Waals surface area contributed by atoms with Crippen LogP contribution in [0.3, 0.4) is 0 Å². The number of benzene rings is 1. The van der Waals surface area contributed by atoms with Gasteiger partial charge in [-0.05, 0) is 50.8 Å². The number of aromatic amines is 1. The van der Waals surface area contributed by atoms with E-state index in [1.807, 2.05) is 44.2 Å². The molecule has 1 unspecified atom stereocenters. The quantitative estimate of drug-likeness (QED) is 0.675. The molecular weight excluding hydrogens is 376 g/mol. The Hall–Kier alpha value is -2.96. The second kappa shape index (κ2) is 8.42. The van der Waals surface area contributed by atoms with E-state index in [9.17, 15) is 4.79 Å². The fourth-order valence-corrected chi connectivity index (χ4v) is 4.16. The highest BCUT2D eigenvalue weighted by Crippen LogP contribution is 2.25. The van der Waals surface area contributed by atoms with Crippen LogP contribution in [0.15, 0.2) is 30.3 Å². The number of amides is 1. The van der Waals surface area contributed by atoms with Crippen LogP contribution in [-0.4, -0.2) is 38.9 Å². The second-order valence-electron chi connectivity index (χ2n) is 8.61. The number of anilines is 1. The van der Waals surface area contributed by atoms with Crippen LogP contribution in [0.2, 0.25) is 0 Å². The number of H-pyrrole nitrogens is 1. The van der Waals surface area contributed by atoms with Crippen molar-refractivity contribution in [1.29, 1.82) is 0 Å². The van der Waals surface area contributed by atoms with E-state index in [2.05, 4.69) is 39.0 Å². The molecule has 0 aliphatic carbocycles. The van der Waals surface area contributed by atoms with E-state index in [0.29, 0.717) is 6.54 Å². The number of nitrogens with zero attached hydrogens (tertiary/aromatic N) is 4. The van der Waals surface area contributed by atoms with E-state index in [-0.39, 0.29) is 23.8 Å². The molecule has 1 aliphatic heterocycles. The van der Waals surface area contributed by atoms with Crippen LogP contribution < -0.4 is 10.2 Å². The minimum Gasteiger partial charge on any atom is -0.346 e. The van der Waals surface area contributed by atoms with Crippen LogP contribution in [0.5, 0.6) is 0 Å². The number of fused-ring (bicyclic) bond motifs is 1. The molecule has 1 amide bonds. The largest absolute Gasteiger partial charge is 0.346 e. The van der Waals surface area contributed by atoms with Gasteiger partial charge in [-0.2, -0.15) is 0 Å². The van der Waals surface area contributed by atoms with Crippen molar-refractivity contribution in [3.05, 3.63) is 47.5 Å². The maximum absolute atomic E-state index is 13.2. The standard InChI is InChI=1S/C23H30N6O/c1-14(2)20(21-26-18-9-5-6-10-19(18)27-21)28-22(30)17-8-7-11-29(13-17)23-24-15(3)12-16(4)25-23/h5-6,9-10,12,14,17,20H,7-8,11,13H2,1-4H3,(H,26,27)(H,28,30)/t17?,20-/m0/s1. The van der Waals surface area contributed by atoms with Gasteiger partial charge in [-0.3, -0.25) is 4.79 Å². The lowest BCUT2D eigenvalue weighted by Gasteiger charge is -2.33. The summed E-state index contributed by atoms with van der Waals surface area (Å²) in [5.74, 6) is 1.74. The summed E-state index contributed by atoms with van der Waals surface area (Å²) >= 11 is 0. The van der Waals surface area contributed by atoms with Gasteiger partial charge in [0, 0.05) is 24.5 Å². The van der Waals surface area contributed by atoms with Gasteiger partial charge in [-0.15, -0.1) is 0 Å². The van der Waals surface area contributed by atoms with E-state index >= 15 is 0 Å². The fraction of sp³-hybridized carbons (Fsp3) is 0.478. The van der Waals surface area contributed by atoms with Crippen molar-refractivity contribution in [2.45, 2.75) is 46.6 Å². The van der Waals surface area contributed by atoms with E-state index in [4.69, 9.17) is 4.98 Å². The van der Waals surface area contributed by atoms with Crippen LogP contribution in [0.25, 0.3) is 11.0 Å². The van der Waals surface area contributed by atoms with Crippen molar-refractivity contribution in [3.63, 3.8) is 0 Å². The maximum atomic E-state index is 13.2. The summed E-state index contributed by atoms with van der Waals surface area (Å²) in [6.45, 7) is 9.69.